The summed E-state index contributed by atoms with van der Waals surface area (Å²) in [5.41, 5.74) is 1.06. The molecule has 0 aliphatic heterocycles. The monoisotopic (exact) mass is 361 g/mol. The molecule has 1 N–H and O–H groups in total. The molecule has 1 aromatic heterocycles. The van der Waals surface area contributed by atoms with Gasteiger partial charge in [-0.1, -0.05) is 31.0 Å². The van der Waals surface area contributed by atoms with Gasteiger partial charge in [0.25, 0.3) is 0 Å². The molecule has 1 saturated carbocycles. The van der Waals surface area contributed by atoms with Gasteiger partial charge in [0.05, 0.1) is 12.7 Å². The molecular formula is C19H27N3O2S. The zero-order valence-electron chi connectivity index (χ0n) is 15.0. The molecule has 25 heavy (non-hydrogen) atoms. The van der Waals surface area contributed by atoms with Gasteiger partial charge < -0.3 is 9.84 Å². The van der Waals surface area contributed by atoms with Crippen molar-refractivity contribution in [3.8, 4) is 17.1 Å². The molecule has 0 radical (unpaired) electrons. The highest BCUT2D eigenvalue weighted by atomic mass is 32.2. The first-order chi connectivity index (χ1) is 12.2. The Balaban J connectivity index is 1.90. The molecule has 0 saturated heterocycles. The summed E-state index contributed by atoms with van der Waals surface area (Å²) in [6, 6.07) is 8.56. The van der Waals surface area contributed by atoms with E-state index in [-0.39, 0.29) is 12.7 Å². The first kappa shape index (κ1) is 18.3. The average molecular weight is 362 g/mol. The summed E-state index contributed by atoms with van der Waals surface area (Å²) in [4.78, 5) is 0. The summed E-state index contributed by atoms with van der Waals surface area (Å²) in [7, 11) is 0. The normalized spacial score (nSPS) is 15.7. The second kappa shape index (κ2) is 8.72. The zero-order chi connectivity index (χ0) is 17.6. The lowest BCUT2D eigenvalue weighted by Gasteiger charge is -2.25. The molecule has 6 heteroatoms. The van der Waals surface area contributed by atoms with Crippen LogP contribution in [0.5, 0.6) is 5.75 Å². The molecule has 1 aromatic carbocycles. The smallest absolute Gasteiger partial charge is 0.191 e. The molecule has 3 rings (SSSR count). The van der Waals surface area contributed by atoms with Gasteiger partial charge in [-0.05, 0) is 51.0 Å². The predicted octanol–water partition coefficient (Wildman–Crippen LogP) is 4.32. The number of aliphatic hydroxyl groups is 1. The second-order valence-electron chi connectivity index (χ2n) is 6.73. The summed E-state index contributed by atoms with van der Waals surface area (Å²) in [5, 5.41) is 19.0. The molecule has 0 spiro atoms. The van der Waals surface area contributed by atoms with Crippen LogP contribution in [-0.2, 0) is 0 Å². The lowest BCUT2D eigenvalue weighted by atomic mass is 9.95. The van der Waals surface area contributed by atoms with Crippen molar-refractivity contribution in [1.82, 2.24) is 14.8 Å². The number of rotatable bonds is 7. The lowest BCUT2D eigenvalue weighted by molar-refractivity contribution is 0.242. The van der Waals surface area contributed by atoms with Gasteiger partial charge in [-0.3, -0.25) is 4.57 Å². The van der Waals surface area contributed by atoms with Crippen molar-refractivity contribution in [3.63, 3.8) is 0 Å². The molecular weight excluding hydrogens is 334 g/mol. The Kier molecular flexibility index (Phi) is 6.37. The van der Waals surface area contributed by atoms with Crippen LogP contribution in [0, 0.1) is 0 Å². The van der Waals surface area contributed by atoms with Crippen LogP contribution in [0.3, 0.4) is 0 Å². The molecule has 5 nitrogen and oxygen atoms in total. The third-order valence-corrected chi connectivity index (χ3v) is 5.33. The van der Waals surface area contributed by atoms with E-state index in [9.17, 15) is 0 Å². The van der Waals surface area contributed by atoms with Gasteiger partial charge in [0.1, 0.15) is 5.75 Å². The van der Waals surface area contributed by atoms with E-state index in [2.05, 4.69) is 26.9 Å². The first-order valence-corrected chi connectivity index (χ1v) is 10.1. The maximum Gasteiger partial charge on any atom is 0.191 e. The number of hydrogen-bond donors (Lipinski definition) is 1. The second-order valence-corrected chi connectivity index (χ2v) is 7.79. The van der Waals surface area contributed by atoms with Gasteiger partial charge in [0, 0.05) is 17.4 Å². The minimum Gasteiger partial charge on any atom is -0.491 e. The highest BCUT2D eigenvalue weighted by Crippen LogP contribution is 2.35. The molecule has 2 aromatic rings. The van der Waals surface area contributed by atoms with Crippen molar-refractivity contribution in [2.45, 2.75) is 63.3 Å². The fourth-order valence-corrected chi connectivity index (χ4v) is 4.08. The largest absolute Gasteiger partial charge is 0.491 e. The highest BCUT2D eigenvalue weighted by molar-refractivity contribution is 7.99. The number of thioether (sulfide) groups is 1. The zero-order valence-corrected chi connectivity index (χ0v) is 15.8. The standard InChI is InChI=1S/C19H27N3O2S/c1-14(2)24-17-10-8-15(9-11-17)18-20-21-19(25-13-12-23)22(18)16-6-4-3-5-7-16/h8-11,14,16,23H,3-7,12-13H2,1-2H3. The van der Waals surface area contributed by atoms with Crippen molar-refractivity contribution >= 4 is 11.8 Å². The van der Waals surface area contributed by atoms with Crippen molar-refractivity contribution < 1.29 is 9.84 Å². The number of aliphatic hydroxyl groups excluding tert-OH is 1. The SMILES string of the molecule is CC(C)Oc1ccc(-c2nnc(SCCO)n2C2CCCCC2)cc1. The molecule has 0 bridgehead atoms. The molecule has 0 amide bonds. The Morgan fingerprint density at radius 3 is 2.52 bits per heavy atom. The van der Waals surface area contributed by atoms with Crippen LogP contribution in [0.1, 0.15) is 52.0 Å². The quantitative estimate of drug-likeness (QED) is 0.744. The summed E-state index contributed by atoms with van der Waals surface area (Å²) < 4.78 is 8.02. The van der Waals surface area contributed by atoms with Crippen LogP contribution in [0.25, 0.3) is 11.4 Å². The van der Waals surface area contributed by atoms with Crippen molar-refractivity contribution in [1.29, 1.82) is 0 Å². The van der Waals surface area contributed by atoms with Gasteiger partial charge in [-0.2, -0.15) is 0 Å². The van der Waals surface area contributed by atoms with E-state index in [1.165, 1.54) is 32.1 Å². The minimum absolute atomic E-state index is 0.152. The molecule has 0 unspecified atom stereocenters. The van der Waals surface area contributed by atoms with Crippen LogP contribution in [0.4, 0.5) is 0 Å². The van der Waals surface area contributed by atoms with Gasteiger partial charge in [0.15, 0.2) is 11.0 Å². The third kappa shape index (κ3) is 4.55. The van der Waals surface area contributed by atoms with E-state index in [1.54, 1.807) is 11.8 Å². The Labute approximate surface area is 153 Å². The maximum atomic E-state index is 9.16. The first-order valence-electron chi connectivity index (χ1n) is 9.14. The van der Waals surface area contributed by atoms with Gasteiger partial charge in [-0.25, -0.2) is 0 Å². The van der Waals surface area contributed by atoms with E-state index in [0.717, 1.165) is 22.3 Å². The Morgan fingerprint density at radius 1 is 1.16 bits per heavy atom. The predicted molar refractivity (Wildman–Crippen MR) is 101 cm³/mol. The van der Waals surface area contributed by atoms with Crippen LogP contribution in [-0.4, -0.2) is 38.3 Å². The third-order valence-electron chi connectivity index (χ3n) is 4.41. The topological polar surface area (TPSA) is 60.2 Å². The maximum absolute atomic E-state index is 9.16. The summed E-state index contributed by atoms with van der Waals surface area (Å²) >= 11 is 1.58. The van der Waals surface area contributed by atoms with Crippen molar-refractivity contribution in [2.24, 2.45) is 0 Å². The summed E-state index contributed by atoms with van der Waals surface area (Å²) in [6.45, 7) is 4.20. The van der Waals surface area contributed by atoms with Crippen LogP contribution in [0.2, 0.25) is 0 Å². The average Bonchev–Trinajstić information content (AvgIpc) is 3.04. The van der Waals surface area contributed by atoms with Crippen LogP contribution < -0.4 is 4.74 Å². The fraction of sp³-hybridized carbons (Fsp3) is 0.579. The number of nitrogens with zero attached hydrogens (tertiary/aromatic N) is 3. The molecule has 1 aliphatic rings. The molecule has 1 heterocycles. The summed E-state index contributed by atoms with van der Waals surface area (Å²) in [6.07, 6.45) is 6.34. The highest BCUT2D eigenvalue weighted by Gasteiger charge is 2.23. The van der Waals surface area contributed by atoms with Crippen LogP contribution >= 0.6 is 11.8 Å². The van der Waals surface area contributed by atoms with E-state index in [4.69, 9.17) is 9.84 Å². The number of hydrogen-bond acceptors (Lipinski definition) is 5. The molecule has 0 atom stereocenters. The van der Waals surface area contributed by atoms with E-state index in [1.807, 2.05) is 26.0 Å². The summed E-state index contributed by atoms with van der Waals surface area (Å²) in [5.74, 6) is 2.44. The molecule has 1 fully saturated rings. The van der Waals surface area contributed by atoms with Gasteiger partial charge >= 0.3 is 0 Å². The number of benzene rings is 1. The van der Waals surface area contributed by atoms with Crippen molar-refractivity contribution in [3.05, 3.63) is 24.3 Å². The minimum atomic E-state index is 0.152. The molecule has 1 aliphatic carbocycles. The van der Waals surface area contributed by atoms with Crippen molar-refractivity contribution in [2.75, 3.05) is 12.4 Å². The van der Waals surface area contributed by atoms with Gasteiger partial charge in [-0.15, -0.1) is 10.2 Å². The van der Waals surface area contributed by atoms with E-state index in [0.29, 0.717) is 11.8 Å². The fourth-order valence-electron chi connectivity index (χ4n) is 3.33. The Bertz CT molecular complexity index is 664. The van der Waals surface area contributed by atoms with E-state index >= 15 is 0 Å². The Hall–Kier alpha value is -1.53. The van der Waals surface area contributed by atoms with Gasteiger partial charge in [0.2, 0.25) is 0 Å². The number of aromatic nitrogens is 3. The van der Waals surface area contributed by atoms with Crippen LogP contribution in [0.15, 0.2) is 29.4 Å². The Morgan fingerprint density at radius 2 is 1.88 bits per heavy atom. The lowest BCUT2D eigenvalue weighted by Crippen LogP contribution is -2.15. The number of ether oxygens (including phenoxy) is 1. The van der Waals surface area contributed by atoms with E-state index < -0.39 is 0 Å². The molecule has 136 valence electrons.